The molecule has 1 saturated carbocycles. The normalized spacial score (nSPS) is 21.1. The van der Waals surface area contributed by atoms with E-state index in [1.165, 1.54) is 0 Å². The van der Waals surface area contributed by atoms with Gasteiger partial charge in [-0.15, -0.1) is 0 Å². The summed E-state index contributed by atoms with van der Waals surface area (Å²) in [5.74, 6) is -0.569. The summed E-state index contributed by atoms with van der Waals surface area (Å²) in [4.78, 5) is 36.0. The molecule has 112 valence electrons. The largest absolute Gasteiger partial charge is 0.344 e. The summed E-state index contributed by atoms with van der Waals surface area (Å²) in [5.41, 5.74) is 1.67. The first-order chi connectivity index (χ1) is 9.59. The number of hydrazine groups is 1. The zero-order chi connectivity index (χ0) is 14.6. The van der Waals surface area contributed by atoms with Crippen molar-refractivity contribution in [2.45, 2.75) is 70.3 Å². The van der Waals surface area contributed by atoms with E-state index in [4.69, 9.17) is 0 Å². The van der Waals surface area contributed by atoms with Crippen molar-refractivity contribution in [1.29, 1.82) is 0 Å². The van der Waals surface area contributed by atoms with Crippen molar-refractivity contribution >= 4 is 17.8 Å². The lowest BCUT2D eigenvalue weighted by Crippen LogP contribution is -2.50. The highest BCUT2D eigenvalue weighted by atomic mass is 16.2. The van der Waals surface area contributed by atoms with Gasteiger partial charge in [0.25, 0.3) is 5.91 Å². The Kier molecular flexibility index (Phi) is 4.62. The van der Waals surface area contributed by atoms with Crippen LogP contribution in [0, 0.1) is 0 Å². The van der Waals surface area contributed by atoms with E-state index in [0.717, 1.165) is 43.5 Å². The number of amides is 4. The minimum Gasteiger partial charge on any atom is -0.322 e. The number of nitrogens with one attached hydrogen (secondary N) is 2. The zero-order valence-corrected chi connectivity index (χ0v) is 12.0. The fourth-order valence-corrected chi connectivity index (χ4v) is 2.93. The van der Waals surface area contributed by atoms with Crippen molar-refractivity contribution in [2.75, 3.05) is 0 Å². The molecule has 2 fully saturated rings. The van der Waals surface area contributed by atoms with Crippen molar-refractivity contribution in [1.82, 2.24) is 15.8 Å². The van der Waals surface area contributed by atoms with Crippen LogP contribution in [-0.4, -0.2) is 28.4 Å². The SMILES string of the molecule is CCCCCC(=O)NN1C(=O)NC2(CCCCC2)C1=O. The number of imide groups is 1. The van der Waals surface area contributed by atoms with E-state index >= 15 is 0 Å². The highest BCUT2D eigenvalue weighted by Crippen LogP contribution is 2.32. The van der Waals surface area contributed by atoms with Crippen LogP contribution in [0.2, 0.25) is 0 Å². The van der Waals surface area contributed by atoms with Gasteiger partial charge in [0.05, 0.1) is 0 Å². The first kappa shape index (κ1) is 14.8. The first-order valence-corrected chi connectivity index (χ1v) is 7.55. The van der Waals surface area contributed by atoms with Crippen molar-refractivity contribution < 1.29 is 14.4 Å². The Bertz CT molecular complexity index is 402. The van der Waals surface area contributed by atoms with Crippen LogP contribution in [0.5, 0.6) is 0 Å². The quantitative estimate of drug-likeness (QED) is 0.596. The molecule has 2 rings (SSSR count). The van der Waals surface area contributed by atoms with E-state index in [0.29, 0.717) is 19.3 Å². The molecule has 1 saturated heterocycles. The number of rotatable bonds is 5. The van der Waals surface area contributed by atoms with Crippen LogP contribution < -0.4 is 10.7 Å². The predicted molar refractivity (Wildman–Crippen MR) is 73.5 cm³/mol. The second-order valence-electron chi connectivity index (χ2n) is 5.71. The van der Waals surface area contributed by atoms with Crippen molar-refractivity contribution in [2.24, 2.45) is 0 Å². The number of unbranched alkanes of at least 4 members (excludes halogenated alkanes) is 2. The van der Waals surface area contributed by atoms with E-state index in [1.807, 2.05) is 0 Å². The van der Waals surface area contributed by atoms with Crippen LogP contribution in [0.25, 0.3) is 0 Å². The molecule has 2 N–H and O–H groups in total. The standard InChI is InChI=1S/C14H23N3O3/c1-2-3-5-8-11(18)16-17-12(19)14(15-13(17)20)9-6-4-7-10-14/h2-10H2,1H3,(H,15,20)(H,16,18). The Labute approximate surface area is 119 Å². The summed E-state index contributed by atoms with van der Waals surface area (Å²) >= 11 is 0. The van der Waals surface area contributed by atoms with Crippen LogP contribution in [0.1, 0.15) is 64.7 Å². The molecule has 0 radical (unpaired) electrons. The topological polar surface area (TPSA) is 78.5 Å². The van der Waals surface area contributed by atoms with Gasteiger partial charge in [0, 0.05) is 6.42 Å². The highest BCUT2D eigenvalue weighted by molar-refractivity contribution is 6.07. The number of carbonyl (C=O) groups is 3. The number of hydrogen-bond donors (Lipinski definition) is 2. The van der Waals surface area contributed by atoms with Crippen molar-refractivity contribution in [3.8, 4) is 0 Å². The van der Waals surface area contributed by atoms with Gasteiger partial charge in [-0.2, -0.15) is 5.01 Å². The second kappa shape index (κ2) is 6.24. The zero-order valence-electron chi connectivity index (χ0n) is 12.0. The smallest absolute Gasteiger partial charge is 0.322 e. The summed E-state index contributed by atoms with van der Waals surface area (Å²) < 4.78 is 0. The molecule has 1 aliphatic carbocycles. The van der Waals surface area contributed by atoms with Gasteiger partial charge in [-0.3, -0.25) is 15.0 Å². The molecule has 20 heavy (non-hydrogen) atoms. The Balaban J connectivity index is 1.93. The molecule has 6 nitrogen and oxygen atoms in total. The van der Waals surface area contributed by atoms with Gasteiger partial charge in [0.1, 0.15) is 5.54 Å². The van der Waals surface area contributed by atoms with Crippen LogP contribution in [0.3, 0.4) is 0 Å². The lowest BCUT2D eigenvalue weighted by atomic mass is 9.82. The molecule has 1 aliphatic heterocycles. The number of urea groups is 1. The lowest BCUT2D eigenvalue weighted by Gasteiger charge is -2.30. The molecule has 2 aliphatic rings. The third-order valence-electron chi connectivity index (χ3n) is 4.11. The predicted octanol–water partition coefficient (Wildman–Crippen LogP) is 1.85. The Morgan fingerprint density at radius 2 is 1.95 bits per heavy atom. The van der Waals surface area contributed by atoms with Gasteiger partial charge in [-0.25, -0.2) is 4.79 Å². The number of carbonyl (C=O) groups excluding carboxylic acids is 3. The average molecular weight is 281 g/mol. The molecule has 0 aromatic carbocycles. The van der Waals surface area contributed by atoms with Crippen LogP contribution in [0.4, 0.5) is 4.79 Å². The van der Waals surface area contributed by atoms with Gasteiger partial charge < -0.3 is 5.32 Å². The molecule has 4 amide bonds. The van der Waals surface area contributed by atoms with Gasteiger partial charge >= 0.3 is 6.03 Å². The van der Waals surface area contributed by atoms with Crippen molar-refractivity contribution in [3.05, 3.63) is 0 Å². The molecule has 1 heterocycles. The summed E-state index contributed by atoms with van der Waals surface area (Å²) in [7, 11) is 0. The minimum absolute atomic E-state index is 0.269. The van der Waals surface area contributed by atoms with Gasteiger partial charge in [-0.05, 0) is 19.3 Å². The first-order valence-electron chi connectivity index (χ1n) is 7.55. The molecular weight excluding hydrogens is 258 g/mol. The molecule has 1 spiro atoms. The summed E-state index contributed by atoms with van der Waals surface area (Å²) in [6.45, 7) is 2.06. The van der Waals surface area contributed by atoms with Crippen molar-refractivity contribution in [3.63, 3.8) is 0 Å². The van der Waals surface area contributed by atoms with Gasteiger partial charge in [0.15, 0.2) is 0 Å². The fraction of sp³-hybridized carbons (Fsp3) is 0.786. The van der Waals surface area contributed by atoms with E-state index in [2.05, 4.69) is 17.7 Å². The molecule has 0 atom stereocenters. The van der Waals surface area contributed by atoms with Crippen LogP contribution in [-0.2, 0) is 9.59 Å². The summed E-state index contributed by atoms with van der Waals surface area (Å²) in [5, 5.41) is 3.64. The highest BCUT2D eigenvalue weighted by Gasteiger charge is 2.52. The number of hydrogen-bond acceptors (Lipinski definition) is 3. The molecule has 0 aromatic heterocycles. The van der Waals surface area contributed by atoms with E-state index in [-0.39, 0.29) is 11.8 Å². The lowest BCUT2D eigenvalue weighted by molar-refractivity contribution is -0.139. The number of nitrogens with zero attached hydrogens (tertiary/aromatic N) is 1. The maximum absolute atomic E-state index is 12.4. The summed E-state index contributed by atoms with van der Waals surface area (Å²) in [6, 6.07) is -0.499. The fourth-order valence-electron chi connectivity index (χ4n) is 2.93. The third kappa shape index (κ3) is 2.94. The van der Waals surface area contributed by atoms with Crippen LogP contribution in [0.15, 0.2) is 0 Å². The van der Waals surface area contributed by atoms with Gasteiger partial charge in [-0.1, -0.05) is 39.0 Å². The maximum Gasteiger partial charge on any atom is 0.344 e. The van der Waals surface area contributed by atoms with E-state index in [1.54, 1.807) is 0 Å². The third-order valence-corrected chi connectivity index (χ3v) is 4.11. The monoisotopic (exact) mass is 281 g/mol. The molecule has 0 unspecified atom stereocenters. The Morgan fingerprint density at radius 3 is 2.60 bits per heavy atom. The van der Waals surface area contributed by atoms with E-state index < -0.39 is 11.6 Å². The maximum atomic E-state index is 12.4. The minimum atomic E-state index is -0.772. The second-order valence-corrected chi connectivity index (χ2v) is 5.71. The Hall–Kier alpha value is -1.59. The molecule has 6 heteroatoms. The Morgan fingerprint density at radius 1 is 1.25 bits per heavy atom. The van der Waals surface area contributed by atoms with Crippen LogP contribution >= 0.6 is 0 Å². The molecule has 0 aromatic rings. The molecular formula is C14H23N3O3. The summed E-state index contributed by atoms with van der Waals surface area (Å²) in [6.07, 6.45) is 7.41. The van der Waals surface area contributed by atoms with Gasteiger partial charge in [0.2, 0.25) is 5.91 Å². The average Bonchev–Trinajstić information content (AvgIpc) is 2.65. The van der Waals surface area contributed by atoms with E-state index in [9.17, 15) is 14.4 Å². The molecule has 0 bridgehead atoms.